The molecule has 2 atom stereocenters. The molecule has 2 unspecified atom stereocenters. The Kier molecular flexibility index (Phi) is 5.65. The number of Topliss-reactive ketones (excluding diaryl/α,β-unsaturated/α-hetero) is 1. The van der Waals surface area contributed by atoms with Crippen molar-refractivity contribution in [1.29, 1.82) is 0 Å². The van der Waals surface area contributed by atoms with Crippen LogP contribution in [0, 0.1) is 17.3 Å². The summed E-state index contributed by atoms with van der Waals surface area (Å²) < 4.78 is 78.9. The van der Waals surface area contributed by atoms with E-state index in [0.717, 1.165) is 16.7 Å². The van der Waals surface area contributed by atoms with Crippen molar-refractivity contribution in [2.45, 2.75) is 64.7 Å². The highest BCUT2D eigenvalue weighted by molar-refractivity contribution is 5.81. The van der Waals surface area contributed by atoms with Gasteiger partial charge in [0.25, 0.3) is 0 Å². The van der Waals surface area contributed by atoms with Gasteiger partial charge in [-0.05, 0) is 67.6 Å². The minimum atomic E-state index is -4.46. The molecule has 0 saturated heterocycles. The van der Waals surface area contributed by atoms with Crippen molar-refractivity contribution in [2.24, 2.45) is 17.3 Å². The van der Waals surface area contributed by atoms with Crippen molar-refractivity contribution in [3.63, 3.8) is 0 Å². The summed E-state index contributed by atoms with van der Waals surface area (Å²) in [6, 6.07) is 0. The number of halogens is 6. The molecule has 160 valence electrons. The number of allylic oxidation sites excluding steroid dienone is 8. The van der Waals surface area contributed by atoms with Gasteiger partial charge in [0.2, 0.25) is 0 Å². The molecule has 3 aliphatic rings. The second-order valence-corrected chi connectivity index (χ2v) is 8.35. The molecule has 0 aromatic rings. The third-order valence-corrected chi connectivity index (χ3v) is 6.55. The zero-order valence-electron chi connectivity index (χ0n) is 16.4. The van der Waals surface area contributed by atoms with E-state index in [2.05, 4.69) is 0 Å². The van der Waals surface area contributed by atoms with E-state index in [-0.39, 0.29) is 25.0 Å². The maximum atomic E-state index is 13.2. The summed E-state index contributed by atoms with van der Waals surface area (Å²) in [4.78, 5) is 12.0. The van der Waals surface area contributed by atoms with E-state index in [1.165, 1.54) is 6.92 Å². The van der Waals surface area contributed by atoms with Gasteiger partial charge in [0.15, 0.2) is 0 Å². The molecule has 0 aromatic heterocycles. The number of hydrogen-bond donors (Lipinski definition) is 0. The molecule has 29 heavy (non-hydrogen) atoms. The van der Waals surface area contributed by atoms with Crippen molar-refractivity contribution in [2.75, 3.05) is 0 Å². The largest absolute Gasteiger partial charge is 0.389 e. The Bertz CT molecular complexity index is 788. The van der Waals surface area contributed by atoms with Gasteiger partial charge >= 0.3 is 12.4 Å². The lowest BCUT2D eigenvalue weighted by atomic mass is 9.63. The molecule has 0 radical (unpaired) electrons. The predicted octanol–water partition coefficient (Wildman–Crippen LogP) is 7.03. The highest BCUT2D eigenvalue weighted by Gasteiger charge is 2.53. The monoisotopic (exact) mass is 418 g/mol. The average Bonchev–Trinajstić information content (AvgIpc) is 2.88. The van der Waals surface area contributed by atoms with Crippen molar-refractivity contribution in [3.8, 4) is 0 Å². The second-order valence-electron chi connectivity index (χ2n) is 8.35. The minimum Gasteiger partial charge on any atom is -0.299 e. The van der Waals surface area contributed by atoms with Gasteiger partial charge in [0, 0.05) is 18.8 Å². The number of alkyl halides is 6. The number of rotatable bonds is 5. The number of fused-ring (bicyclic) bond motifs is 2. The number of carbonyl (C=O) groups excluding carboxylic acids is 1. The molecular formula is C22H24F6O. The van der Waals surface area contributed by atoms with E-state index in [4.69, 9.17) is 0 Å². The minimum absolute atomic E-state index is 0.132. The summed E-state index contributed by atoms with van der Waals surface area (Å²) in [5.74, 6) is -1.05. The normalized spacial score (nSPS) is 26.1. The molecule has 0 aliphatic heterocycles. The first kappa shape index (κ1) is 21.9. The van der Waals surface area contributed by atoms with Gasteiger partial charge in [-0.2, -0.15) is 26.3 Å². The van der Waals surface area contributed by atoms with Gasteiger partial charge < -0.3 is 0 Å². The number of carbonyl (C=O) groups is 1. The molecule has 0 bridgehead atoms. The zero-order valence-corrected chi connectivity index (χ0v) is 16.4. The summed E-state index contributed by atoms with van der Waals surface area (Å²) in [6.45, 7) is 3.25. The molecule has 0 heterocycles. The van der Waals surface area contributed by atoms with Crippen molar-refractivity contribution in [3.05, 3.63) is 46.6 Å². The summed E-state index contributed by atoms with van der Waals surface area (Å²) >= 11 is 0. The van der Waals surface area contributed by atoms with Gasteiger partial charge in [0.1, 0.15) is 5.78 Å². The maximum absolute atomic E-state index is 13.2. The lowest BCUT2D eigenvalue weighted by molar-refractivity contribution is -0.150. The third-order valence-electron chi connectivity index (χ3n) is 6.55. The second kappa shape index (κ2) is 7.47. The molecule has 7 heteroatoms. The topological polar surface area (TPSA) is 17.1 Å². The van der Waals surface area contributed by atoms with E-state index >= 15 is 0 Å². The quantitative estimate of drug-likeness (QED) is 0.438. The molecule has 3 aliphatic carbocycles. The molecule has 0 amide bonds. The van der Waals surface area contributed by atoms with Crippen LogP contribution in [0.4, 0.5) is 26.3 Å². The molecule has 0 N–H and O–H groups in total. The van der Waals surface area contributed by atoms with Crippen LogP contribution in [0.2, 0.25) is 0 Å². The van der Waals surface area contributed by atoms with E-state index in [1.54, 1.807) is 12.2 Å². The highest BCUT2D eigenvalue weighted by atomic mass is 19.4. The molecule has 0 spiro atoms. The van der Waals surface area contributed by atoms with Gasteiger partial charge in [-0.3, -0.25) is 4.79 Å². The van der Waals surface area contributed by atoms with Gasteiger partial charge in [-0.1, -0.05) is 29.9 Å². The van der Waals surface area contributed by atoms with Crippen molar-refractivity contribution in [1.82, 2.24) is 0 Å². The van der Waals surface area contributed by atoms with Gasteiger partial charge in [-0.25, -0.2) is 0 Å². The third kappa shape index (κ3) is 4.38. The summed E-state index contributed by atoms with van der Waals surface area (Å²) in [7, 11) is 0. The Labute approximate surface area is 166 Å². The fraction of sp³-hybridized carbons (Fsp3) is 0.591. The molecule has 0 aromatic carbocycles. The Morgan fingerprint density at radius 1 is 1.07 bits per heavy atom. The van der Waals surface area contributed by atoms with Gasteiger partial charge in [-0.15, -0.1) is 0 Å². The highest BCUT2D eigenvalue weighted by Crippen LogP contribution is 2.63. The lowest BCUT2D eigenvalue weighted by Crippen LogP contribution is -2.34. The SMILES string of the molecule is CC(=O)C1C=CC2=C(C1)C(CCC(F)(F)F)(CCC(F)(F)F)C1CC=CC(C)=C21. The van der Waals surface area contributed by atoms with Crippen LogP contribution >= 0.6 is 0 Å². The zero-order chi connectivity index (χ0) is 21.6. The summed E-state index contributed by atoms with van der Waals surface area (Å²) in [5, 5.41) is 0. The lowest BCUT2D eigenvalue weighted by Gasteiger charge is -2.41. The Morgan fingerprint density at radius 2 is 1.66 bits per heavy atom. The maximum Gasteiger partial charge on any atom is 0.389 e. The van der Waals surface area contributed by atoms with Crippen LogP contribution in [0.1, 0.15) is 52.4 Å². The van der Waals surface area contributed by atoms with Crippen LogP contribution in [0.25, 0.3) is 0 Å². The van der Waals surface area contributed by atoms with E-state index in [1.807, 2.05) is 19.1 Å². The fourth-order valence-electron chi connectivity index (χ4n) is 5.19. The van der Waals surface area contributed by atoms with Crippen LogP contribution in [-0.2, 0) is 4.79 Å². The first-order valence-electron chi connectivity index (χ1n) is 9.77. The molecule has 0 saturated carbocycles. The molecule has 1 nitrogen and oxygen atoms in total. The number of hydrogen-bond acceptors (Lipinski definition) is 1. The average molecular weight is 418 g/mol. The predicted molar refractivity (Wildman–Crippen MR) is 97.9 cm³/mol. The first-order valence-corrected chi connectivity index (χ1v) is 9.77. The molecule has 0 fully saturated rings. The smallest absolute Gasteiger partial charge is 0.299 e. The van der Waals surface area contributed by atoms with E-state index < -0.39 is 42.4 Å². The van der Waals surface area contributed by atoms with Crippen LogP contribution in [0.15, 0.2) is 46.6 Å². The van der Waals surface area contributed by atoms with Crippen LogP contribution in [0.3, 0.4) is 0 Å². The first-order chi connectivity index (χ1) is 13.3. The Hall–Kier alpha value is -1.79. The van der Waals surface area contributed by atoms with Crippen molar-refractivity contribution < 1.29 is 31.1 Å². The van der Waals surface area contributed by atoms with Crippen LogP contribution < -0.4 is 0 Å². The van der Waals surface area contributed by atoms with Crippen molar-refractivity contribution >= 4 is 5.78 Å². The summed E-state index contributed by atoms with van der Waals surface area (Å²) in [5.41, 5.74) is 1.85. The number of ketones is 1. The van der Waals surface area contributed by atoms with Crippen LogP contribution in [-0.4, -0.2) is 18.1 Å². The van der Waals surface area contributed by atoms with E-state index in [0.29, 0.717) is 12.0 Å². The standard InChI is InChI=1S/C22H24F6O/c1-13-4-3-5-17-19(13)16-7-6-15(14(2)29)12-18(16)20(17,8-10-21(23,24)25)9-11-22(26,27)28/h3-4,6-7,15,17H,5,8-12H2,1-2H3. The van der Waals surface area contributed by atoms with E-state index in [9.17, 15) is 31.1 Å². The fourth-order valence-corrected chi connectivity index (χ4v) is 5.19. The Balaban J connectivity index is 2.12. The summed E-state index contributed by atoms with van der Waals surface area (Å²) in [6.07, 6.45) is -4.15. The molecule has 3 rings (SSSR count). The molecular weight excluding hydrogens is 394 g/mol. The Morgan fingerprint density at radius 3 is 2.17 bits per heavy atom. The van der Waals surface area contributed by atoms with Crippen LogP contribution in [0.5, 0.6) is 0 Å². The van der Waals surface area contributed by atoms with Gasteiger partial charge in [0.05, 0.1) is 0 Å².